The number of aromatic nitrogens is 3. The van der Waals surface area contributed by atoms with Crippen LogP contribution in [-0.2, 0) is 18.8 Å². The van der Waals surface area contributed by atoms with Crippen LogP contribution < -0.4 is 5.32 Å². The largest absolute Gasteiger partial charge is 0.348 e. The van der Waals surface area contributed by atoms with Gasteiger partial charge in [-0.2, -0.15) is 0 Å². The molecule has 5 nitrogen and oxygen atoms in total. The molecule has 6 heteroatoms. The Hall–Kier alpha value is -3.90. The summed E-state index contributed by atoms with van der Waals surface area (Å²) >= 11 is 1.71. The molecule has 0 fully saturated rings. The van der Waals surface area contributed by atoms with E-state index in [0.29, 0.717) is 18.7 Å². The molecule has 5 aromatic rings. The molecule has 0 aliphatic heterocycles. The second-order valence-electron chi connectivity index (χ2n) is 8.47. The minimum atomic E-state index is -0.0778. The van der Waals surface area contributed by atoms with Gasteiger partial charge in [0, 0.05) is 24.1 Å². The molecule has 0 bridgehead atoms. The fourth-order valence-electron chi connectivity index (χ4n) is 3.85. The van der Waals surface area contributed by atoms with E-state index in [-0.39, 0.29) is 5.91 Å². The summed E-state index contributed by atoms with van der Waals surface area (Å²) in [7, 11) is 0. The van der Waals surface area contributed by atoms with Crippen LogP contribution in [0.15, 0.2) is 102 Å². The first-order valence-electron chi connectivity index (χ1n) is 11.6. The summed E-state index contributed by atoms with van der Waals surface area (Å²) in [6, 6.07) is 30.2. The second kappa shape index (κ2) is 10.6. The SMILES string of the molecule is Cc1ccc(CNC(=O)c2ccc(Cn3c(SCc4ccccc4)nc4cccnc43)cc2)cc1. The molecular weight excluding hydrogens is 452 g/mol. The van der Waals surface area contributed by atoms with Gasteiger partial charge >= 0.3 is 0 Å². The maximum atomic E-state index is 12.6. The van der Waals surface area contributed by atoms with Crippen LogP contribution in [0.5, 0.6) is 0 Å². The Bertz CT molecular complexity index is 1430. The average molecular weight is 479 g/mol. The maximum Gasteiger partial charge on any atom is 0.251 e. The Balaban J connectivity index is 1.29. The molecule has 35 heavy (non-hydrogen) atoms. The van der Waals surface area contributed by atoms with E-state index in [4.69, 9.17) is 4.98 Å². The predicted molar refractivity (Wildman–Crippen MR) is 141 cm³/mol. The number of hydrogen-bond acceptors (Lipinski definition) is 4. The quantitative estimate of drug-likeness (QED) is 0.278. The summed E-state index contributed by atoms with van der Waals surface area (Å²) in [5.41, 5.74) is 7.03. The molecule has 0 aliphatic rings. The Morgan fingerprint density at radius 2 is 1.60 bits per heavy atom. The van der Waals surface area contributed by atoms with Crippen LogP contribution >= 0.6 is 11.8 Å². The second-order valence-corrected chi connectivity index (χ2v) is 9.41. The fraction of sp³-hybridized carbons (Fsp3) is 0.138. The van der Waals surface area contributed by atoms with Gasteiger partial charge in [0.2, 0.25) is 0 Å². The van der Waals surface area contributed by atoms with Crippen LogP contribution in [0.2, 0.25) is 0 Å². The molecule has 2 aromatic heterocycles. The number of imidazole rings is 1. The fourth-order valence-corrected chi connectivity index (χ4v) is 4.80. The van der Waals surface area contributed by atoms with E-state index >= 15 is 0 Å². The van der Waals surface area contributed by atoms with Crippen molar-refractivity contribution in [1.82, 2.24) is 19.9 Å². The standard InChI is InChI=1S/C29H26N4OS/c1-21-9-11-22(12-10-21)18-31-28(34)25-15-13-23(14-16-25)19-33-27-26(8-5-17-30-27)32-29(33)35-20-24-6-3-2-4-7-24/h2-17H,18-20H2,1H3,(H,31,34). The Morgan fingerprint density at radius 1 is 0.857 bits per heavy atom. The summed E-state index contributed by atoms with van der Waals surface area (Å²) in [4.78, 5) is 22.0. The third kappa shape index (κ3) is 5.61. The molecule has 2 heterocycles. The van der Waals surface area contributed by atoms with Gasteiger partial charge < -0.3 is 5.32 Å². The number of carbonyl (C=O) groups excluding carboxylic acids is 1. The van der Waals surface area contributed by atoms with E-state index < -0.39 is 0 Å². The highest BCUT2D eigenvalue weighted by Crippen LogP contribution is 2.27. The number of nitrogens with one attached hydrogen (secondary N) is 1. The number of benzene rings is 3. The smallest absolute Gasteiger partial charge is 0.251 e. The molecule has 0 unspecified atom stereocenters. The number of fused-ring (bicyclic) bond motifs is 1. The van der Waals surface area contributed by atoms with E-state index in [0.717, 1.165) is 33.2 Å². The minimum absolute atomic E-state index is 0.0778. The van der Waals surface area contributed by atoms with Gasteiger partial charge in [0.1, 0.15) is 5.52 Å². The van der Waals surface area contributed by atoms with Gasteiger partial charge in [-0.05, 0) is 47.9 Å². The number of amides is 1. The number of nitrogens with zero attached hydrogens (tertiary/aromatic N) is 3. The zero-order valence-electron chi connectivity index (χ0n) is 19.5. The third-order valence-corrected chi connectivity index (χ3v) is 6.86. The van der Waals surface area contributed by atoms with Gasteiger partial charge in [-0.15, -0.1) is 0 Å². The van der Waals surface area contributed by atoms with Crippen molar-refractivity contribution in [3.63, 3.8) is 0 Å². The summed E-state index contributed by atoms with van der Waals surface area (Å²) < 4.78 is 2.15. The number of pyridine rings is 1. The molecule has 0 aliphatic carbocycles. The molecule has 0 atom stereocenters. The number of carbonyl (C=O) groups is 1. The molecule has 0 radical (unpaired) electrons. The summed E-state index contributed by atoms with van der Waals surface area (Å²) in [5.74, 6) is 0.760. The predicted octanol–water partition coefficient (Wildman–Crippen LogP) is 6.01. The average Bonchev–Trinajstić information content (AvgIpc) is 3.25. The lowest BCUT2D eigenvalue weighted by atomic mass is 10.1. The molecule has 3 aromatic carbocycles. The van der Waals surface area contributed by atoms with Crippen LogP contribution in [-0.4, -0.2) is 20.4 Å². The minimum Gasteiger partial charge on any atom is -0.348 e. The maximum absolute atomic E-state index is 12.6. The van der Waals surface area contributed by atoms with Crippen molar-refractivity contribution in [3.8, 4) is 0 Å². The topological polar surface area (TPSA) is 59.8 Å². The Morgan fingerprint density at radius 3 is 2.37 bits per heavy atom. The van der Waals surface area contributed by atoms with E-state index in [9.17, 15) is 4.79 Å². The summed E-state index contributed by atoms with van der Waals surface area (Å²) in [5, 5.41) is 3.93. The lowest BCUT2D eigenvalue weighted by molar-refractivity contribution is 0.0951. The summed E-state index contributed by atoms with van der Waals surface area (Å²) in [6.45, 7) is 3.20. The van der Waals surface area contributed by atoms with Gasteiger partial charge in [-0.25, -0.2) is 9.97 Å². The third-order valence-electron chi connectivity index (χ3n) is 5.81. The molecular formula is C29H26N4OS. The zero-order valence-corrected chi connectivity index (χ0v) is 20.3. The molecule has 0 spiro atoms. The van der Waals surface area contributed by atoms with Crippen molar-refractivity contribution in [2.75, 3.05) is 0 Å². The molecule has 0 saturated carbocycles. The van der Waals surface area contributed by atoms with Gasteiger partial charge in [0.05, 0.1) is 6.54 Å². The molecule has 5 rings (SSSR count). The monoisotopic (exact) mass is 478 g/mol. The van der Waals surface area contributed by atoms with Gasteiger partial charge in [-0.3, -0.25) is 9.36 Å². The van der Waals surface area contributed by atoms with Gasteiger partial charge in [0.15, 0.2) is 10.8 Å². The first-order valence-corrected chi connectivity index (χ1v) is 12.5. The Kier molecular flexibility index (Phi) is 6.91. The molecule has 0 saturated heterocycles. The van der Waals surface area contributed by atoms with Gasteiger partial charge in [-0.1, -0.05) is 84.1 Å². The zero-order chi connectivity index (χ0) is 24.0. The number of hydrogen-bond donors (Lipinski definition) is 1. The van der Waals surface area contributed by atoms with Crippen LogP contribution in [0, 0.1) is 6.92 Å². The highest BCUT2D eigenvalue weighted by Gasteiger charge is 2.13. The number of thioether (sulfide) groups is 1. The normalized spacial score (nSPS) is 11.0. The van der Waals surface area contributed by atoms with Crippen molar-refractivity contribution in [1.29, 1.82) is 0 Å². The van der Waals surface area contributed by atoms with Crippen molar-refractivity contribution in [2.24, 2.45) is 0 Å². The number of aryl methyl sites for hydroxylation is 1. The Labute approximate surface area is 209 Å². The lowest BCUT2D eigenvalue weighted by Gasteiger charge is -2.10. The van der Waals surface area contributed by atoms with Crippen LogP contribution in [0.4, 0.5) is 0 Å². The van der Waals surface area contributed by atoms with Crippen molar-refractivity contribution in [2.45, 2.75) is 30.9 Å². The highest BCUT2D eigenvalue weighted by molar-refractivity contribution is 7.98. The number of rotatable bonds is 8. The van der Waals surface area contributed by atoms with Crippen LogP contribution in [0.1, 0.15) is 32.6 Å². The van der Waals surface area contributed by atoms with Crippen LogP contribution in [0.25, 0.3) is 11.2 Å². The van der Waals surface area contributed by atoms with Crippen molar-refractivity contribution >= 4 is 28.8 Å². The first kappa shape index (κ1) is 22.9. The van der Waals surface area contributed by atoms with Crippen molar-refractivity contribution < 1.29 is 4.79 Å². The summed E-state index contributed by atoms with van der Waals surface area (Å²) in [6.07, 6.45) is 1.80. The molecule has 174 valence electrons. The highest BCUT2D eigenvalue weighted by atomic mass is 32.2. The first-order chi connectivity index (χ1) is 17.2. The van der Waals surface area contributed by atoms with Crippen molar-refractivity contribution in [3.05, 3.63) is 125 Å². The van der Waals surface area contributed by atoms with E-state index in [1.54, 1.807) is 18.0 Å². The van der Waals surface area contributed by atoms with E-state index in [1.165, 1.54) is 11.1 Å². The van der Waals surface area contributed by atoms with Crippen LogP contribution in [0.3, 0.4) is 0 Å². The van der Waals surface area contributed by atoms with E-state index in [2.05, 4.69) is 58.2 Å². The van der Waals surface area contributed by atoms with Gasteiger partial charge in [0.25, 0.3) is 5.91 Å². The lowest BCUT2D eigenvalue weighted by Crippen LogP contribution is -2.22. The van der Waals surface area contributed by atoms with E-state index in [1.807, 2.05) is 54.6 Å². The molecule has 1 amide bonds. The molecule has 1 N–H and O–H groups in total.